The summed E-state index contributed by atoms with van der Waals surface area (Å²) in [6.45, 7) is 4.70. The maximum absolute atomic E-state index is 12.8. The second-order valence-corrected chi connectivity index (χ2v) is 7.47. The van der Waals surface area contributed by atoms with Gasteiger partial charge in [-0.25, -0.2) is 0 Å². The van der Waals surface area contributed by atoms with Crippen LogP contribution in [0.25, 0.3) is 0 Å². The van der Waals surface area contributed by atoms with Gasteiger partial charge in [0.2, 0.25) is 5.91 Å². The van der Waals surface area contributed by atoms with Gasteiger partial charge in [0.05, 0.1) is 5.69 Å². The van der Waals surface area contributed by atoms with Crippen LogP contribution < -0.4 is 4.90 Å². The first kappa shape index (κ1) is 14.9. The Hall–Kier alpha value is -1.00. The number of para-hydroxylation sites is 1. The Morgan fingerprint density at radius 3 is 2.86 bits per heavy atom. The molecule has 0 N–H and O–H groups in total. The lowest BCUT2D eigenvalue weighted by molar-refractivity contribution is -0.120. The summed E-state index contributed by atoms with van der Waals surface area (Å²) >= 11 is 1.89. The van der Waals surface area contributed by atoms with Crippen molar-refractivity contribution in [3.05, 3.63) is 24.3 Å². The standard InChI is InChI=1S/C17H23NO2S/c1-13-6-9-18(15-4-2-3-5-16(15)21-13)17(19)12-14-7-10-20-11-8-14/h2-5,13-14H,6-12H2,1H3/t13-/m1/s1. The zero-order valence-corrected chi connectivity index (χ0v) is 13.4. The molecule has 0 unspecified atom stereocenters. The second-order valence-electron chi connectivity index (χ2n) is 5.99. The predicted octanol–water partition coefficient (Wildman–Crippen LogP) is 3.72. The van der Waals surface area contributed by atoms with Crippen molar-refractivity contribution in [3.8, 4) is 0 Å². The molecule has 0 aliphatic carbocycles. The molecule has 0 saturated carbocycles. The molecule has 2 aliphatic heterocycles. The van der Waals surface area contributed by atoms with Crippen LogP contribution in [-0.2, 0) is 9.53 Å². The van der Waals surface area contributed by atoms with E-state index < -0.39 is 0 Å². The highest BCUT2D eigenvalue weighted by atomic mass is 32.2. The van der Waals surface area contributed by atoms with Crippen molar-refractivity contribution in [3.63, 3.8) is 0 Å². The van der Waals surface area contributed by atoms with Gasteiger partial charge in [0, 0.05) is 36.3 Å². The number of hydrogen-bond donors (Lipinski definition) is 0. The maximum Gasteiger partial charge on any atom is 0.227 e. The largest absolute Gasteiger partial charge is 0.381 e. The fourth-order valence-corrected chi connectivity index (χ4v) is 4.17. The molecule has 0 aromatic heterocycles. The third-order valence-corrected chi connectivity index (χ3v) is 5.59. The van der Waals surface area contributed by atoms with Crippen molar-refractivity contribution in [2.45, 2.75) is 42.8 Å². The molecule has 2 aliphatic rings. The Bertz CT molecular complexity index is 499. The molecule has 1 saturated heterocycles. The SMILES string of the molecule is C[C@@H]1CCN(C(=O)CC2CCOCC2)c2ccccc2S1. The van der Waals surface area contributed by atoms with E-state index >= 15 is 0 Å². The molecule has 2 heterocycles. The first-order chi connectivity index (χ1) is 10.2. The number of fused-ring (bicyclic) bond motifs is 1. The van der Waals surface area contributed by atoms with Gasteiger partial charge in [-0.05, 0) is 37.3 Å². The lowest BCUT2D eigenvalue weighted by atomic mass is 9.96. The summed E-state index contributed by atoms with van der Waals surface area (Å²) in [4.78, 5) is 16.0. The van der Waals surface area contributed by atoms with Crippen molar-refractivity contribution in [1.29, 1.82) is 0 Å². The molecule has 0 radical (unpaired) electrons. The van der Waals surface area contributed by atoms with E-state index in [-0.39, 0.29) is 5.91 Å². The average Bonchev–Trinajstić information content (AvgIpc) is 2.66. The average molecular weight is 305 g/mol. The number of hydrogen-bond acceptors (Lipinski definition) is 3. The van der Waals surface area contributed by atoms with Crippen LogP contribution in [0.1, 0.15) is 32.6 Å². The molecule has 21 heavy (non-hydrogen) atoms. The van der Waals surface area contributed by atoms with Gasteiger partial charge >= 0.3 is 0 Å². The summed E-state index contributed by atoms with van der Waals surface area (Å²) in [5.74, 6) is 0.774. The number of amides is 1. The van der Waals surface area contributed by atoms with Crippen LogP contribution >= 0.6 is 11.8 Å². The number of anilines is 1. The lowest BCUT2D eigenvalue weighted by Gasteiger charge is -2.27. The van der Waals surface area contributed by atoms with Crippen LogP contribution in [0.5, 0.6) is 0 Å². The van der Waals surface area contributed by atoms with Gasteiger partial charge in [-0.1, -0.05) is 19.1 Å². The van der Waals surface area contributed by atoms with Gasteiger partial charge in [-0.15, -0.1) is 11.8 Å². The number of thioether (sulfide) groups is 1. The van der Waals surface area contributed by atoms with Crippen molar-refractivity contribution in [2.24, 2.45) is 5.92 Å². The minimum absolute atomic E-state index is 0.282. The first-order valence-electron chi connectivity index (χ1n) is 7.88. The summed E-state index contributed by atoms with van der Waals surface area (Å²) in [5, 5.41) is 0.562. The van der Waals surface area contributed by atoms with Gasteiger partial charge in [0.25, 0.3) is 0 Å². The minimum Gasteiger partial charge on any atom is -0.381 e. The van der Waals surface area contributed by atoms with E-state index in [9.17, 15) is 4.79 Å². The van der Waals surface area contributed by atoms with E-state index in [1.807, 2.05) is 22.7 Å². The lowest BCUT2D eigenvalue weighted by Crippen LogP contribution is -2.34. The fraction of sp³-hybridized carbons (Fsp3) is 0.588. The molecule has 4 heteroatoms. The van der Waals surface area contributed by atoms with Crippen LogP contribution in [-0.4, -0.2) is 30.9 Å². The number of carbonyl (C=O) groups excluding carboxylic acids is 1. The van der Waals surface area contributed by atoms with Crippen molar-refractivity contribution >= 4 is 23.4 Å². The van der Waals surface area contributed by atoms with E-state index in [2.05, 4.69) is 25.1 Å². The van der Waals surface area contributed by atoms with Crippen LogP contribution in [0.4, 0.5) is 5.69 Å². The molecule has 1 aromatic rings. The molecule has 0 spiro atoms. The number of benzene rings is 1. The molecular weight excluding hydrogens is 282 g/mol. The van der Waals surface area contributed by atoms with Crippen LogP contribution in [0.2, 0.25) is 0 Å². The van der Waals surface area contributed by atoms with Gasteiger partial charge < -0.3 is 9.64 Å². The number of ether oxygens (including phenoxy) is 1. The van der Waals surface area contributed by atoms with Crippen LogP contribution in [0, 0.1) is 5.92 Å². The predicted molar refractivity (Wildman–Crippen MR) is 86.9 cm³/mol. The van der Waals surface area contributed by atoms with E-state index in [1.165, 1.54) is 4.90 Å². The Labute approximate surface area is 131 Å². The van der Waals surface area contributed by atoms with Crippen molar-refractivity contribution in [1.82, 2.24) is 0 Å². The molecule has 1 atom stereocenters. The van der Waals surface area contributed by atoms with Crippen molar-refractivity contribution in [2.75, 3.05) is 24.7 Å². The van der Waals surface area contributed by atoms with Crippen LogP contribution in [0.15, 0.2) is 29.2 Å². The molecule has 3 rings (SSSR count). The summed E-state index contributed by atoms with van der Waals surface area (Å²) in [5.41, 5.74) is 1.10. The molecule has 0 bridgehead atoms. The number of rotatable bonds is 2. The second kappa shape index (κ2) is 6.84. The van der Waals surface area contributed by atoms with Gasteiger partial charge in [-0.2, -0.15) is 0 Å². The highest BCUT2D eigenvalue weighted by Gasteiger charge is 2.26. The minimum atomic E-state index is 0.282. The summed E-state index contributed by atoms with van der Waals surface area (Å²) in [7, 11) is 0. The highest BCUT2D eigenvalue weighted by molar-refractivity contribution is 8.00. The number of nitrogens with zero attached hydrogens (tertiary/aromatic N) is 1. The molecule has 1 amide bonds. The summed E-state index contributed by atoms with van der Waals surface area (Å²) in [6.07, 6.45) is 3.76. The first-order valence-corrected chi connectivity index (χ1v) is 8.76. The van der Waals surface area contributed by atoms with E-state index in [0.29, 0.717) is 17.6 Å². The normalized spacial score (nSPS) is 23.5. The Morgan fingerprint density at radius 2 is 2.05 bits per heavy atom. The third-order valence-electron chi connectivity index (χ3n) is 4.35. The van der Waals surface area contributed by atoms with Crippen molar-refractivity contribution < 1.29 is 9.53 Å². The Kier molecular flexibility index (Phi) is 4.86. The third kappa shape index (κ3) is 3.61. The zero-order chi connectivity index (χ0) is 14.7. The quantitative estimate of drug-likeness (QED) is 0.834. The summed E-state index contributed by atoms with van der Waals surface area (Å²) in [6, 6.07) is 8.31. The van der Waals surface area contributed by atoms with Gasteiger partial charge in [-0.3, -0.25) is 4.79 Å². The van der Waals surface area contributed by atoms with E-state index in [1.54, 1.807) is 0 Å². The topological polar surface area (TPSA) is 29.5 Å². The monoisotopic (exact) mass is 305 g/mol. The number of carbonyl (C=O) groups is 1. The Morgan fingerprint density at radius 1 is 1.29 bits per heavy atom. The fourth-order valence-electron chi connectivity index (χ4n) is 3.05. The van der Waals surface area contributed by atoms with E-state index in [0.717, 1.165) is 44.7 Å². The zero-order valence-electron chi connectivity index (χ0n) is 12.6. The molecular formula is C17H23NO2S. The van der Waals surface area contributed by atoms with Gasteiger partial charge in [0.1, 0.15) is 0 Å². The molecule has 1 aromatic carbocycles. The maximum atomic E-state index is 12.8. The summed E-state index contributed by atoms with van der Waals surface area (Å²) < 4.78 is 5.39. The molecule has 3 nitrogen and oxygen atoms in total. The highest BCUT2D eigenvalue weighted by Crippen LogP contribution is 2.37. The molecule has 114 valence electrons. The smallest absolute Gasteiger partial charge is 0.227 e. The Balaban J connectivity index is 1.75. The van der Waals surface area contributed by atoms with Crippen LogP contribution in [0.3, 0.4) is 0 Å². The van der Waals surface area contributed by atoms with Gasteiger partial charge in [0.15, 0.2) is 0 Å². The van der Waals surface area contributed by atoms with E-state index in [4.69, 9.17) is 4.74 Å². The molecule has 1 fully saturated rings.